The molecule has 0 radical (unpaired) electrons. The van der Waals surface area contributed by atoms with Crippen molar-refractivity contribution in [3.8, 4) is 11.8 Å². The van der Waals surface area contributed by atoms with E-state index in [1.165, 1.54) is 12.0 Å². The predicted octanol–water partition coefficient (Wildman–Crippen LogP) is 2.23. The van der Waals surface area contributed by atoms with Crippen molar-refractivity contribution in [2.75, 3.05) is 13.2 Å². The van der Waals surface area contributed by atoms with Gasteiger partial charge in [0.05, 0.1) is 6.10 Å². The molecule has 1 aliphatic rings. The van der Waals surface area contributed by atoms with Gasteiger partial charge in [-0.2, -0.15) is 5.26 Å². The Morgan fingerprint density at radius 3 is 2.80 bits per heavy atom. The van der Waals surface area contributed by atoms with E-state index in [0.29, 0.717) is 5.92 Å². The van der Waals surface area contributed by atoms with Crippen LogP contribution in [0.3, 0.4) is 0 Å². The molecular formula is C16H22N2O2. The average Bonchev–Trinajstić information content (AvgIpc) is 2.46. The van der Waals surface area contributed by atoms with Gasteiger partial charge in [-0.1, -0.05) is 18.6 Å². The van der Waals surface area contributed by atoms with Crippen LogP contribution in [0.5, 0.6) is 5.75 Å². The Hall–Kier alpha value is -1.57. The zero-order valence-corrected chi connectivity index (χ0v) is 11.7. The summed E-state index contributed by atoms with van der Waals surface area (Å²) in [5.41, 5.74) is 1.20. The molecule has 0 amide bonds. The minimum Gasteiger partial charge on any atom is -0.479 e. The standard InChI is InChI=1S/C16H22N2O2/c17-8-9-20-16-6-4-13(5-7-16)11-18-12-14-2-1-3-15(19)10-14/h4-7,14-15,18-19H,1-3,9-12H2. The molecule has 2 unspecified atom stereocenters. The van der Waals surface area contributed by atoms with Crippen LogP contribution in [0.15, 0.2) is 24.3 Å². The molecule has 2 rings (SSSR count). The second kappa shape index (κ2) is 7.88. The second-order valence-corrected chi connectivity index (χ2v) is 5.41. The largest absolute Gasteiger partial charge is 0.479 e. The number of nitriles is 1. The first-order valence-corrected chi connectivity index (χ1v) is 7.25. The normalized spacial score (nSPS) is 22.2. The van der Waals surface area contributed by atoms with Gasteiger partial charge in [-0.25, -0.2) is 0 Å². The summed E-state index contributed by atoms with van der Waals surface area (Å²) in [4.78, 5) is 0. The van der Waals surface area contributed by atoms with Crippen LogP contribution in [0, 0.1) is 17.2 Å². The molecule has 2 N–H and O–H groups in total. The van der Waals surface area contributed by atoms with Gasteiger partial charge in [0, 0.05) is 6.54 Å². The van der Waals surface area contributed by atoms with Gasteiger partial charge in [-0.3, -0.25) is 0 Å². The molecule has 1 fully saturated rings. The van der Waals surface area contributed by atoms with Crippen LogP contribution in [0.25, 0.3) is 0 Å². The second-order valence-electron chi connectivity index (χ2n) is 5.41. The van der Waals surface area contributed by atoms with Crippen LogP contribution in [-0.4, -0.2) is 24.4 Å². The number of benzene rings is 1. The number of nitrogens with zero attached hydrogens (tertiary/aromatic N) is 1. The van der Waals surface area contributed by atoms with Crippen molar-refractivity contribution in [3.05, 3.63) is 29.8 Å². The lowest BCUT2D eigenvalue weighted by atomic mass is 9.87. The van der Waals surface area contributed by atoms with E-state index >= 15 is 0 Å². The number of hydrogen-bond donors (Lipinski definition) is 2. The predicted molar refractivity (Wildman–Crippen MR) is 77.2 cm³/mol. The summed E-state index contributed by atoms with van der Waals surface area (Å²) in [6.45, 7) is 1.87. The Kier molecular flexibility index (Phi) is 5.85. The summed E-state index contributed by atoms with van der Waals surface area (Å²) in [6, 6.07) is 9.74. The highest BCUT2D eigenvalue weighted by atomic mass is 16.5. The fraction of sp³-hybridized carbons (Fsp3) is 0.562. The van der Waals surface area contributed by atoms with E-state index in [0.717, 1.165) is 38.1 Å². The van der Waals surface area contributed by atoms with Crippen LogP contribution in [-0.2, 0) is 6.54 Å². The monoisotopic (exact) mass is 274 g/mol. The topological polar surface area (TPSA) is 65.3 Å². The molecule has 4 heteroatoms. The highest BCUT2D eigenvalue weighted by Gasteiger charge is 2.19. The van der Waals surface area contributed by atoms with Gasteiger partial charge in [0.2, 0.25) is 0 Å². The summed E-state index contributed by atoms with van der Waals surface area (Å²) in [5.74, 6) is 1.32. The van der Waals surface area contributed by atoms with Crippen molar-refractivity contribution < 1.29 is 9.84 Å². The third-order valence-electron chi connectivity index (χ3n) is 3.74. The molecule has 4 nitrogen and oxygen atoms in total. The van der Waals surface area contributed by atoms with E-state index in [1.54, 1.807) is 0 Å². The highest BCUT2D eigenvalue weighted by Crippen LogP contribution is 2.23. The molecule has 0 saturated heterocycles. The van der Waals surface area contributed by atoms with Gasteiger partial charge < -0.3 is 15.2 Å². The van der Waals surface area contributed by atoms with Crippen molar-refractivity contribution in [1.29, 1.82) is 5.26 Å². The molecule has 0 aromatic heterocycles. The first kappa shape index (κ1) is 14.8. The van der Waals surface area contributed by atoms with Gasteiger partial charge in [0.1, 0.15) is 11.8 Å². The lowest BCUT2D eigenvalue weighted by Gasteiger charge is -2.26. The summed E-state index contributed by atoms with van der Waals surface area (Å²) < 4.78 is 5.21. The first-order valence-electron chi connectivity index (χ1n) is 7.25. The van der Waals surface area contributed by atoms with E-state index in [2.05, 4.69) is 5.32 Å². The minimum atomic E-state index is -0.105. The maximum absolute atomic E-state index is 9.63. The Balaban J connectivity index is 1.70. The third-order valence-corrected chi connectivity index (χ3v) is 3.74. The summed E-state index contributed by atoms with van der Waals surface area (Å²) in [7, 11) is 0. The number of hydrogen-bond acceptors (Lipinski definition) is 4. The van der Waals surface area contributed by atoms with Crippen LogP contribution >= 0.6 is 0 Å². The summed E-state index contributed by atoms with van der Waals surface area (Å²) in [6.07, 6.45) is 4.13. The molecule has 0 bridgehead atoms. The van der Waals surface area contributed by atoms with Crippen molar-refractivity contribution >= 4 is 0 Å². The average molecular weight is 274 g/mol. The fourth-order valence-electron chi connectivity index (χ4n) is 2.69. The molecule has 2 atom stereocenters. The van der Waals surface area contributed by atoms with Gasteiger partial charge in [0.15, 0.2) is 6.61 Å². The third kappa shape index (κ3) is 4.84. The molecule has 108 valence electrons. The van der Waals surface area contributed by atoms with Crippen LogP contribution < -0.4 is 10.1 Å². The zero-order valence-electron chi connectivity index (χ0n) is 11.7. The molecule has 20 heavy (non-hydrogen) atoms. The van der Waals surface area contributed by atoms with Gasteiger partial charge in [0.25, 0.3) is 0 Å². The van der Waals surface area contributed by atoms with Crippen LogP contribution in [0.1, 0.15) is 31.2 Å². The van der Waals surface area contributed by atoms with Crippen molar-refractivity contribution in [2.24, 2.45) is 5.92 Å². The maximum atomic E-state index is 9.63. The number of rotatable bonds is 6. The molecular weight excluding hydrogens is 252 g/mol. The highest BCUT2D eigenvalue weighted by molar-refractivity contribution is 5.27. The van der Waals surface area contributed by atoms with Crippen molar-refractivity contribution in [3.63, 3.8) is 0 Å². The number of ether oxygens (including phenoxy) is 1. The first-order chi connectivity index (χ1) is 9.78. The van der Waals surface area contributed by atoms with Crippen molar-refractivity contribution in [1.82, 2.24) is 5.32 Å². The Morgan fingerprint density at radius 1 is 1.30 bits per heavy atom. The number of aliphatic hydroxyl groups excluding tert-OH is 1. The van der Waals surface area contributed by atoms with E-state index in [1.807, 2.05) is 30.3 Å². The molecule has 1 aromatic rings. The zero-order chi connectivity index (χ0) is 14.2. The van der Waals surface area contributed by atoms with Crippen LogP contribution in [0.4, 0.5) is 0 Å². The fourth-order valence-corrected chi connectivity index (χ4v) is 2.69. The minimum absolute atomic E-state index is 0.0849. The molecule has 1 aliphatic carbocycles. The molecule has 0 spiro atoms. The quantitative estimate of drug-likeness (QED) is 0.835. The van der Waals surface area contributed by atoms with E-state index < -0.39 is 0 Å². The van der Waals surface area contributed by atoms with Gasteiger partial charge in [-0.05, 0) is 49.4 Å². The molecule has 0 aliphatic heterocycles. The molecule has 1 aromatic carbocycles. The Labute approximate surface area is 120 Å². The number of aliphatic hydroxyl groups is 1. The van der Waals surface area contributed by atoms with Gasteiger partial charge in [-0.15, -0.1) is 0 Å². The van der Waals surface area contributed by atoms with Gasteiger partial charge >= 0.3 is 0 Å². The van der Waals surface area contributed by atoms with Crippen molar-refractivity contribution in [2.45, 2.75) is 38.3 Å². The Bertz CT molecular complexity index is 439. The molecule has 1 saturated carbocycles. The lowest BCUT2D eigenvalue weighted by Crippen LogP contribution is -2.28. The van der Waals surface area contributed by atoms with E-state index in [9.17, 15) is 5.11 Å². The number of nitrogens with one attached hydrogen (secondary N) is 1. The lowest BCUT2D eigenvalue weighted by molar-refractivity contribution is 0.101. The Morgan fingerprint density at radius 2 is 2.10 bits per heavy atom. The molecule has 0 heterocycles. The maximum Gasteiger partial charge on any atom is 0.174 e. The smallest absolute Gasteiger partial charge is 0.174 e. The summed E-state index contributed by atoms with van der Waals surface area (Å²) >= 11 is 0. The SMILES string of the molecule is N#CCOc1ccc(CNCC2CCCC(O)C2)cc1. The summed E-state index contributed by atoms with van der Waals surface area (Å²) in [5, 5.41) is 21.5. The van der Waals surface area contributed by atoms with E-state index in [4.69, 9.17) is 10.00 Å². The van der Waals surface area contributed by atoms with E-state index in [-0.39, 0.29) is 12.7 Å². The van der Waals surface area contributed by atoms with Crippen LogP contribution in [0.2, 0.25) is 0 Å².